The lowest BCUT2D eigenvalue weighted by molar-refractivity contribution is -0.0156. The second-order valence-corrected chi connectivity index (χ2v) is 17.5. The highest BCUT2D eigenvalue weighted by molar-refractivity contribution is 6.01. The number of amides is 1. The van der Waals surface area contributed by atoms with Crippen LogP contribution in [0, 0.1) is 0 Å². The fourth-order valence-electron chi connectivity index (χ4n) is 6.38. The van der Waals surface area contributed by atoms with Gasteiger partial charge in [-0.2, -0.15) is 0 Å². The first-order chi connectivity index (χ1) is 30.4. The predicted molar refractivity (Wildman–Crippen MR) is 235 cm³/mol. The van der Waals surface area contributed by atoms with Crippen molar-refractivity contribution in [2.75, 3.05) is 50.7 Å². The van der Waals surface area contributed by atoms with Gasteiger partial charge in [0.15, 0.2) is 0 Å². The third-order valence-electron chi connectivity index (χ3n) is 8.90. The fraction of sp³-hybridized carbons (Fsp3) is 0.489. The summed E-state index contributed by atoms with van der Waals surface area (Å²) >= 11 is 0. The largest absolute Gasteiger partial charge is 0.528 e. The van der Waals surface area contributed by atoms with Crippen LogP contribution in [0.2, 0.25) is 0 Å². The highest BCUT2D eigenvalue weighted by Crippen LogP contribution is 2.36. The summed E-state index contributed by atoms with van der Waals surface area (Å²) in [5.41, 5.74) is 4.77. The number of carbonyl (C=O) groups is 7. The second-order valence-electron chi connectivity index (χ2n) is 17.5. The minimum atomic E-state index is -1.70. The Labute approximate surface area is 375 Å². The molecule has 2 aromatic carbocycles. The number of ether oxygens (including phenoxy) is 9. The van der Waals surface area contributed by atoms with E-state index in [1.165, 1.54) is 79.9 Å². The summed E-state index contributed by atoms with van der Waals surface area (Å²) in [4.78, 5) is 87.4. The summed E-state index contributed by atoms with van der Waals surface area (Å²) in [7, 11) is 2.74. The van der Waals surface area contributed by atoms with Gasteiger partial charge < -0.3 is 57.9 Å². The van der Waals surface area contributed by atoms with Crippen LogP contribution in [-0.4, -0.2) is 110 Å². The molecule has 1 amide bonds. The quantitative estimate of drug-likeness (QED) is 0.0963. The molecule has 0 atom stereocenters. The van der Waals surface area contributed by atoms with Crippen LogP contribution in [0.15, 0.2) is 36.4 Å². The molecule has 4 aromatic rings. The fourth-order valence-corrected chi connectivity index (χ4v) is 6.38. The number of nitrogens with zero attached hydrogens (tertiary/aromatic N) is 1. The number of methoxy groups -OCH3 is 2. The minimum Gasteiger partial charge on any atom is -0.464 e. The zero-order valence-corrected chi connectivity index (χ0v) is 38.6. The SMILES string of the molecule is C1CCOC1.CC(C)(C)OC(=O)OC(=O)OC(=O)OC(=O)OC(C)(C)C.COC(=O)c1cc2c3c(ccc2[nH]1)N(C(=O)OC(C)(C)C)CC3.COC(=O)c1cc2c3c(ccc2[nH]1)NCC3. The predicted octanol–water partition coefficient (Wildman–Crippen LogP) is 9.12. The number of fused-ring (bicyclic) bond motifs is 6. The summed E-state index contributed by atoms with van der Waals surface area (Å²) in [6.07, 6.45) is -2.18. The molecule has 0 bridgehead atoms. The van der Waals surface area contributed by atoms with Crippen LogP contribution in [0.25, 0.3) is 21.8 Å². The highest BCUT2D eigenvalue weighted by atomic mass is 16.9. The van der Waals surface area contributed by atoms with Crippen LogP contribution in [-0.2, 0) is 55.5 Å². The van der Waals surface area contributed by atoms with E-state index in [0.29, 0.717) is 17.9 Å². The van der Waals surface area contributed by atoms with Crippen molar-refractivity contribution in [3.63, 3.8) is 0 Å². The lowest BCUT2D eigenvalue weighted by Crippen LogP contribution is -2.35. The Hall–Kier alpha value is -6.83. The molecule has 7 rings (SSSR count). The molecule has 354 valence electrons. The normalized spacial score (nSPS) is 13.7. The summed E-state index contributed by atoms with van der Waals surface area (Å²) in [6, 6.07) is 11.4. The number of anilines is 2. The van der Waals surface area contributed by atoms with Crippen molar-refractivity contribution in [1.82, 2.24) is 9.97 Å². The number of carbonyl (C=O) groups excluding carboxylic acids is 7. The van der Waals surface area contributed by atoms with Gasteiger partial charge in [0, 0.05) is 53.8 Å². The van der Waals surface area contributed by atoms with Gasteiger partial charge in [-0.25, -0.2) is 33.6 Å². The molecule has 3 aliphatic rings. The molecule has 20 nitrogen and oxygen atoms in total. The molecule has 65 heavy (non-hydrogen) atoms. The summed E-state index contributed by atoms with van der Waals surface area (Å²) in [5, 5.41) is 5.37. The number of esters is 2. The maximum atomic E-state index is 12.3. The molecular formula is C45H58N4O16. The van der Waals surface area contributed by atoms with Crippen molar-refractivity contribution >= 4 is 75.8 Å². The third kappa shape index (κ3) is 15.4. The van der Waals surface area contributed by atoms with Crippen molar-refractivity contribution in [2.45, 2.75) is 105 Å². The maximum absolute atomic E-state index is 12.3. The van der Waals surface area contributed by atoms with Crippen molar-refractivity contribution in [1.29, 1.82) is 0 Å². The number of aromatic amines is 2. The number of hydrogen-bond acceptors (Lipinski definition) is 17. The summed E-state index contributed by atoms with van der Waals surface area (Å²) in [6.45, 7) is 18.3. The Morgan fingerprint density at radius 1 is 0.585 bits per heavy atom. The van der Waals surface area contributed by atoms with E-state index < -0.39 is 47.4 Å². The van der Waals surface area contributed by atoms with Gasteiger partial charge in [0.05, 0.1) is 19.9 Å². The van der Waals surface area contributed by atoms with Gasteiger partial charge in [-0.1, -0.05) is 0 Å². The number of aromatic nitrogens is 2. The van der Waals surface area contributed by atoms with Crippen LogP contribution in [0.1, 0.15) is 107 Å². The molecule has 5 heterocycles. The molecular weight excluding hydrogens is 853 g/mol. The highest BCUT2D eigenvalue weighted by Gasteiger charge is 2.31. The van der Waals surface area contributed by atoms with E-state index in [9.17, 15) is 33.6 Å². The van der Waals surface area contributed by atoms with Gasteiger partial charge in [-0.15, -0.1) is 0 Å². The number of rotatable bonds is 2. The standard InChI is InChI=1S/C17H20N2O4.C12H12N2O2.C12H18O9.C4H8O/c1-17(2,3)23-16(21)19-8-7-10-11-9-13(15(20)22-4)18-12(11)5-6-14(10)19;1-16-12(15)11-6-8-7-4-5-13-9(7)2-3-10(8)14-11;1-11(2,3)20-9(15)18-7(13)17-8(14)19-10(16)21-12(4,5)6;1-2-4-5-3-1/h5-6,9,18H,7-8H2,1-4H3;2-3,6,13-14H,4-5H2,1H3;1-6H3;1-4H2. The van der Waals surface area contributed by atoms with E-state index in [0.717, 1.165) is 65.7 Å². The molecule has 0 spiro atoms. The summed E-state index contributed by atoms with van der Waals surface area (Å²) < 4.78 is 41.0. The average Bonchev–Trinajstić information content (AvgIpc) is 4.04. The van der Waals surface area contributed by atoms with Crippen molar-refractivity contribution in [3.05, 3.63) is 58.9 Å². The van der Waals surface area contributed by atoms with Crippen molar-refractivity contribution in [3.8, 4) is 0 Å². The van der Waals surface area contributed by atoms with Gasteiger partial charge in [0.2, 0.25) is 0 Å². The molecule has 1 saturated heterocycles. The Morgan fingerprint density at radius 3 is 1.49 bits per heavy atom. The minimum absolute atomic E-state index is 0.323. The van der Waals surface area contributed by atoms with Crippen molar-refractivity contribution in [2.24, 2.45) is 0 Å². The van der Waals surface area contributed by atoms with Crippen LogP contribution >= 0.6 is 0 Å². The van der Waals surface area contributed by atoms with Crippen LogP contribution < -0.4 is 10.2 Å². The Morgan fingerprint density at radius 2 is 1.05 bits per heavy atom. The molecule has 20 heteroatoms. The monoisotopic (exact) mass is 910 g/mol. The Balaban J connectivity index is 0.000000204. The lowest BCUT2D eigenvalue weighted by atomic mass is 10.1. The van der Waals surface area contributed by atoms with Crippen LogP contribution in [0.5, 0.6) is 0 Å². The van der Waals surface area contributed by atoms with Gasteiger partial charge in [-0.05, 0) is 136 Å². The Kier molecular flexibility index (Phi) is 17.0. The van der Waals surface area contributed by atoms with Crippen LogP contribution in [0.4, 0.5) is 35.3 Å². The van der Waals surface area contributed by atoms with Gasteiger partial charge in [0.1, 0.15) is 28.2 Å². The number of nitrogens with one attached hydrogen (secondary N) is 3. The van der Waals surface area contributed by atoms with E-state index in [4.69, 9.17) is 18.9 Å². The molecule has 1 fully saturated rings. The summed E-state index contributed by atoms with van der Waals surface area (Å²) in [5.74, 6) is -0.729. The molecule has 3 N–H and O–H groups in total. The smallest absolute Gasteiger partial charge is 0.464 e. The maximum Gasteiger partial charge on any atom is 0.528 e. The molecule has 0 saturated carbocycles. The molecule has 0 radical (unpaired) electrons. The second kappa shape index (κ2) is 21.7. The average molecular weight is 911 g/mol. The van der Waals surface area contributed by atoms with E-state index in [1.54, 1.807) is 11.0 Å². The Bertz CT molecular complexity index is 2330. The molecule has 3 aliphatic heterocycles. The van der Waals surface area contributed by atoms with Crippen LogP contribution in [0.3, 0.4) is 0 Å². The number of H-pyrrole nitrogens is 2. The van der Waals surface area contributed by atoms with Crippen molar-refractivity contribution < 1.29 is 76.2 Å². The molecule has 2 aromatic heterocycles. The van der Waals surface area contributed by atoms with E-state index in [-0.39, 0.29) is 12.1 Å². The number of hydrogen-bond donors (Lipinski definition) is 3. The zero-order valence-electron chi connectivity index (χ0n) is 38.6. The first-order valence-corrected chi connectivity index (χ1v) is 20.7. The third-order valence-corrected chi connectivity index (χ3v) is 8.90. The first-order valence-electron chi connectivity index (χ1n) is 20.7. The molecule has 0 unspecified atom stereocenters. The lowest BCUT2D eigenvalue weighted by Gasteiger charge is -2.24. The van der Waals surface area contributed by atoms with E-state index >= 15 is 0 Å². The van der Waals surface area contributed by atoms with Gasteiger partial charge in [-0.3, -0.25) is 4.90 Å². The van der Waals surface area contributed by atoms with E-state index in [2.05, 4.69) is 39.0 Å². The molecule has 0 aliphatic carbocycles. The topological polar surface area (TPSA) is 249 Å². The zero-order chi connectivity index (χ0) is 48.3. The number of benzene rings is 2. The van der Waals surface area contributed by atoms with E-state index in [1.807, 2.05) is 51.1 Å². The first kappa shape index (κ1) is 50.8. The van der Waals surface area contributed by atoms with Gasteiger partial charge >= 0.3 is 42.7 Å². The van der Waals surface area contributed by atoms with Gasteiger partial charge in [0.25, 0.3) is 0 Å².